The second-order valence-electron chi connectivity index (χ2n) is 5.34. The summed E-state index contributed by atoms with van der Waals surface area (Å²) in [5.74, 6) is 0.966. The fourth-order valence-electron chi connectivity index (χ4n) is 1.97. The number of methoxy groups -OCH3 is 1. The summed E-state index contributed by atoms with van der Waals surface area (Å²) in [5.41, 5.74) is 0.986. The largest absolute Gasteiger partial charge is 0.383 e. The molecule has 0 aromatic carbocycles. The van der Waals surface area contributed by atoms with Gasteiger partial charge in [0.05, 0.1) is 12.3 Å². The molecule has 0 atom stereocenters. The molecule has 0 spiro atoms. The van der Waals surface area contributed by atoms with E-state index in [2.05, 4.69) is 46.4 Å². The highest BCUT2D eigenvalue weighted by molar-refractivity contribution is 5.40. The Bertz CT molecular complexity index is 376. The lowest BCUT2D eigenvalue weighted by Crippen LogP contribution is -2.30. The predicted molar refractivity (Wildman–Crippen MR) is 76.3 cm³/mol. The van der Waals surface area contributed by atoms with Gasteiger partial charge in [-0.25, -0.2) is 0 Å². The maximum Gasteiger partial charge on any atom is 0.151 e. The number of ether oxygens (including phenoxy) is 1. The van der Waals surface area contributed by atoms with Crippen LogP contribution in [0.4, 0.5) is 5.82 Å². The van der Waals surface area contributed by atoms with Crippen molar-refractivity contribution in [3.8, 4) is 0 Å². The van der Waals surface area contributed by atoms with E-state index in [-0.39, 0.29) is 0 Å². The van der Waals surface area contributed by atoms with Gasteiger partial charge >= 0.3 is 0 Å². The SMILES string of the molecule is COCCN(c1ccc(CNC(C)C)nn1)C1CC1. The normalized spacial score (nSPS) is 14.9. The molecule has 0 amide bonds. The third-order valence-electron chi connectivity index (χ3n) is 3.22. The van der Waals surface area contributed by atoms with Gasteiger partial charge in [0.2, 0.25) is 0 Å². The first-order valence-electron chi connectivity index (χ1n) is 7.02. The Morgan fingerprint density at radius 2 is 2.16 bits per heavy atom. The van der Waals surface area contributed by atoms with E-state index in [1.165, 1.54) is 12.8 Å². The average molecular weight is 264 g/mol. The second-order valence-corrected chi connectivity index (χ2v) is 5.34. The van der Waals surface area contributed by atoms with Crippen LogP contribution >= 0.6 is 0 Å². The van der Waals surface area contributed by atoms with Crippen LogP contribution in [-0.2, 0) is 11.3 Å². The molecule has 1 saturated carbocycles. The lowest BCUT2D eigenvalue weighted by molar-refractivity contribution is 0.204. The van der Waals surface area contributed by atoms with Gasteiger partial charge in [-0.2, -0.15) is 5.10 Å². The van der Waals surface area contributed by atoms with Gasteiger partial charge in [0, 0.05) is 32.3 Å². The monoisotopic (exact) mass is 264 g/mol. The zero-order valence-corrected chi connectivity index (χ0v) is 12.1. The molecule has 1 aliphatic rings. The van der Waals surface area contributed by atoms with E-state index in [0.29, 0.717) is 12.1 Å². The van der Waals surface area contributed by atoms with Gasteiger partial charge in [-0.15, -0.1) is 5.10 Å². The van der Waals surface area contributed by atoms with Crippen LogP contribution in [0.5, 0.6) is 0 Å². The van der Waals surface area contributed by atoms with Crippen molar-refractivity contribution in [2.24, 2.45) is 0 Å². The number of nitrogens with zero attached hydrogens (tertiary/aromatic N) is 3. The minimum atomic E-state index is 0.464. The van der Waals surface area contributed by atoms with Gasteiger partial charge in [-0.3, -0.25) is 0 Å². The minimum absolute atomic E-state index is 0.464. The van der Waals surface area contributed by atoms with Crippen molar-refractivity contribution in [1.82, 2.24) is 15.5 Å². The zero-order chi connectivity index (χ0) is 13.7. The van der Waals surface area contributed by atoms with Crippen LogP contribution in [0.1, 0.15) is 32.4 Å². The van der Waals surface area contributed by atoms with Gasteiger partial charge in [0.25, 0.3) is 0 Å². The van der Waals surface area contributed by atoms with Gasteiger partial charge < -0.3 is 15.0 Å². The third-order valence-corrected chi connectivity index (χ3v) is 3.22. The molecule has 1 N–H and O–H groups in total. The number of anilines is 1. The molecule has 1 fully saturated rings. The summed E-state index contributed by atoms with van der Waals surface area (Å²) >= 11 is 0. The summed E-state index contributed by atoms with van der Waals surface area (Å²) in [4.78, 5) is 2.30. The van der Waals surface area contributed by atoms with Gasteiger partial charge in [-0.1, -0.05) is 13.8 Å². The van der Waals surface area contributed by atoms with Crippen molar-refractivity contribution in [1.29, 1.82) is 0 Å². The lowest BCUT2D eigenvalue weighted by Gasteiger charge is -2.22. The minimum Gasteiger partial charge on any atom is -0.383 e. The van der Waals surface area contributed by atoms with Crippen LogP contribution in [0.15, 0.2) is 12.1 Å². The highest BCUT2D eigenvalue weighted by Crippen LogP contribution is 2.29. The van der Waals surface area contributed by atoms with Crippen LogP contribution in [0.25, 0.3) is 0 Å². The molecule has 2 rings (SSSR count). The van der Waals surface area contributed by atoms with Gasteiger partial charge in [0.15, 0.2) is 5.82 Å². The first-order chi connectivity index (χ1) is 9.20. The molecule has 1 heterocycles. The van der Waals surface area contributed by atoms with Crippen molar-refractivity contribution in [2.45, 2.75) is 45.3 Å². The van der Waals surface area contributed by atoms with Crippen LogP contribution in [0.3, 0.4) is 0 Å². The highest BCUT2D eigenvalue weighted by atomic mass is 16.5. The fraction of sp³-hybridized carbons (Fsp3) is 0.714. The quantitative estimate of drug-likeness (QED) is 0.772. The molecular weight excluding hydrogens is 240 g/mol. The van der Waals surface area contributed by atoms with Gasteiger partial charge in [0.1, 0.15) is 0 Å². The molecule has 0 aliphatic heterocycles. The van der Waals surface area contributed by atoms with E-state index in [0.717, 1.165) is 31.2 Å². The average Bonchev–Trinajstić information content (AvgIpc) is 3.23. The molecule has 106 valence electrons. The van der Waals surface area contributed by atoms with Crippen molar-refractivity contribution < 1.29 is 4.74 Å². The smallest absolute Gasteiger partial charge is 0.151 e. The molecule has 5 nitrogen and oxygen atoms in total. The van der Waals surface area contributed by atoms with E-state index in [1.54, 1.807) is 7.11 Å². The molecule has 0 saturated heterocycles. The zero-order valence-electron chi connectivity index (χ0n) is 12.1. The van der Waals surface area contributed by atoms with E-state index in [4.69, 9.17) is 4.74 Å². The van der Waals surface area contributed by atoms with Crippen LogP contribution in [0, 0.1) is 0 Å². The lowest BCUT2D eigenvalue weighted by atomic mass is 10.3. The van der Waals surface area contributed by atoms with Crippen molar-refractivity contribution in [3.63, 3.8) is 0 Å². The van der Waals surface area contributed by atoms with Crippen LogP contribution < -0.4 is 10.2 Å². The van der Waals surface area contributed by atoms with Crippen molar-refractivity contribution >= 4 is 5.82 Å². The summed E-state index contributed by atoms with van der Waals surface area (Å²) in [7, 11) is 1.73. The molecule has 1 aromatic heterocycles. The first-order valence-corrected chi connectivity index (χ1v) is 7.02. The third kappa shape index (κ3) is 4.44. The van der Waals surface area contributed by atoms with E-state index in [1.807, 2.05) is 0 Å². The molecule has 0 radical (unpaired) electrons. The Balaban J connectivity index is 1.95. The molecule has 1 aliphatic carbocycles. The molecule has 1 aromatic rings. The Hall–Kier alpha value is -1.20. The Morgan fingerprint density at radius 3 is 2.68 bits per heavy atom. The summed E-state index contributed by atoms with van der Waals surface area (Å²) in [5, 5.41) is 12.0. The number of aromatic nitrogens is 2. The predicted octanol–water partition coefficient (Wildman–Crippen LogP) is 1.59. The summed E-state index contributed by atoms with van der Waals surface area (Å²) in [6, 6.07) is 5.22. The van der Waals surface area contributed by atoms with E-state index < -0.39 is 0 Å². The molecular formula is C14H24N4O. The van der Waals surface area contributed by atoms with Crippen LogP contribution in [0.2, 0.25) is 0 Å². The molecule has 5 heteroatoms. The van der Waals surface area contributed by atoms with Gasteiger partial charge in [-0.05, 0) is 25.0 Å². The molecule has 19 heavy (non-hydrogen) atoms. The molecule has 0 unspecified atom stereocenters. The summed E-state index contributed by atoms with van der Waals surface area (Å²) < 4.78 is 5.16. The van der Waals surface area contributed by atoms with E-state index >= 15 is 0 Å². The van der Waals surface area contributed by atoms with Crippen LogP contribution in [-0.4, -0.2) is 42.5 Å². The summed E-state index contributed by atoms with van der Waals surface area (Å²) in [6.07, 6.45) is 2.50. The number of nitrogens with one attached hydrogen (secondary N) is 1. The van der Waals surface area contributed by atoms with Crippen molar-refractivity contribution in [2.75, 3.05) is 25.2 Å². The number of hydrogen-bond acceptors (Lipinski definition) is 5. The maximum absolute atomic E-state index is 5.16. The van der Waals surface area contributed by atoms with Crippen molar-refractivity contribution in [3.05, 3.63) is 17.8 Å². The maximum atomic E-state index is 5.16. The fourth-order valence-corrected chi connectivity index (χ4v) is 1.97. The summed E-state index contributed by atoms with van der Waals surface area (Å²) in [6.45, 7) is 6.64. The van der Waals surface area contributed by atoms with E-state index in [9.17, 15) is 0 Å². The Kier molecular flexibility index (Phi) is 5.10. The molecule has 0 bridgehead atoms. The topological polar surface area (TPSA) is 50.3 Å². The number of rotatable bonds is 8. The Labute approximate surface area is 115 Å². The number of hydrogen-bond donors (Lipinski definition) is 1. The highest BCUT2D eigenvalue weighted by Gasteiger charge is 2.29. The first kappa shape index (κ1) is 14.2. The Morgan fingerprint density at radius 1 is 1.37 bits per heavy atom. The second kappa shape index (κ2) is 6.82. The standard InChI is InChI=1S/C14H24N4O/c1-11(2)15-10-12-4-7-14(17-16-12)18(8-9-19-3)13-5-6-13/h4,7,11,13,15H,5-6,8-10H2,1-3H3.